The predicted octanol–water partition coefficient (Wildman–Crippen LogP) is 5.34. The Morgan fingerprint density at radius 3 is 2.26 bits per heavy atom. The van der Waals surface area contributed by atoms with Crippen LogP contribution in [0.15, 0.2) is 42.5 Å². The molecule has 27 heavy (non-hydrogen) atoms. The van der Waals surface area contributed by atoms with E-state index >= 15 is 0 Å². The summed E-state index contributed by atoms with van der Waals surface area (Å²) in [4.78, 5) is 12.8. The Morgan fingerprint density at radius 2 is 1.59 bits per heavy atom. The van der Waals surface area contributed by atoms with E-state index in [9.17, 15) is 4.79 Å². The molecule has 144 valence electrons. The van der Waals surface area contributed by atoms with Crippen molar-refractivity contribution in [3.8, 4) is 17.2 Å². The van der Waals surface area contributed by atoms with Gasteiger partial charge in [-0.25, -0.2) is 0 Å². The van der Waals surface area contributed by atoms with Crippen molar-refractivity contribution in [1.29, 1.82) is 0 Å². The number of aryl methyl sites for hydroxylation is 1. The SMILES string of the molecule is CCOc1ccc(CC)cc1C=CC(=O)c1cccc(OCC)c1OCC. The van der Waals surface area contributed by atoms with E-state index in [1.165, 1.54) is 5.56 Å². The third-order valence-electron chi connectivity index (χ3n) is 4.03. The minimum absolute atomic E-state index is 0.135. The third kappa shape index (κ3) is 5.36. The fourth-order valence-electron chi connectivity index (χ4n) is 2.76. The minimum Gasteiger partial charge on any atom is -0.493 e. The average Bonchev–Trinajstić information content (AvgIpc) is 2.68. The number of hydrogen-bond donors (Lipinski definition) is 0. The van der Waals surface area contributed by atoms with Gasteiger partial charge in [-0.05, 0) is 69.2 Å². The summed E-state index contributed by atoms with van der Waals surface area (Å²) in [7, 11) is 0. The lowest BCUT2D eigenvalue weighted by Gasteiger charge is -2.13. The molecule has 0 aliphatic carbocycles. The summed E-state index contributed by atoms with van der Waals surface area (Å²) in [5, 5.41) is 0. The Morgan fingerprint density at radius 1 is 0.889 bits per heavy atom. The van der Waals surface area contributed by atoms with Gasteiger partial charge in [0.2, 0.25) is 0 Å². The number of ketones is 1. The van der Waals surface area contributed by atoms with Crippen LogP contribution in [0.3, 0.4) is 0 Å². The van der Waals surface area contributed by atoms with Crippen LogP contribution in [0.2, 0.25) is 0 Å². The van der Waals surface area contributed by atoms with E-state index in [0.29, 0.717) is 36.9 Å². The van der Waals surface area contributed by atoms with Crippen molar-refractivity contribution in [2.24, 2.45) is 0 Å². The summed E-state index contributed by atoms with van der Waals surface area (Å²) in [6.45, 7) is 9.38. The molecule has 0 bridgehead atoms. The zero-order chi connectivity index (χ0) is 19.6. The Labute approximate surface area is 161 Å². The van der Waals surface area contributed by atoms with E-state index in [4.69, 9.17) is 14.2 Å². The van der Waals surface area contributed by atoms with Crippen LogP contribution in [0.1, 0.15) is 49.2 Å². The lowest BCUT2D eigenvalue weighted by atomic mass is 10.0. The number of carbonyl (C=O) groups is 1. The van der Waals surface area contributed by atoms with E-state index in [1.807, 2.05) is 39.0 Å². The molecule has 0 radical (unpaired) electrons. The molecule has 0 fully saturated rings. The van der Waals surface area contributed by atoms with Gasteiger partial charge >= 0.3 is 0 Å². The zero-order valence-corrected chi connectivity index (χ0v) is 16.6. The van der Waals surface area contributed by atoms with Crippen LogP contribution in [-0.4, -0.2) is 25.6 Å². The first-order valence-corrected chi connectivity index (χ1v) is 9.51. The molecule has 0 atom stereocenters. The Balaban J connectivity index is 2.35. The molecule has 0 aliphatic heterocycles. The smallest absolute Gasteiger partial charge is 0.189 e. The number of hydrogen-bond acceptors (Lipinski definition) is 4. The van der Waals surface area contributed by atoms with Crippen LogP contribution in [0.4, 0.5) is 0 Å². The van der Waals surface area contributed by atoms with E-state index in [1.54, 1.807) is 24.3 Å². The van der Waals surface area contributed by atoms with Crippen LogP contribution in [0.5, 0.6) is 17.2 Å². The molecule has 0 amide bonds. The van der Waals surface area contributed by atoms with Gasteiger partial charge in [-0.2, -0.15) is 0 Å². The maximum atomic E-state index is 12.8. The standard InChI is InChI=1S/C23H28O4/c1-5-17-12-15-21(25-6-2)18(16-17)13-14-20(24)19-10-9-11-22(26-7-3)23(19)27-8-4/h9-16H,5-8H2,1-4H3. The van der Waals surface area contributed by atoms with Crippen LogP contribution < -0.4 is 14.2 Å². The minimum atomic E-state index is -0.135. The Bertz CT molecular complexity index is 793. The van der Waals surface area contributed by atoms with Crippen molar-refractivity contribution >= 4 is 11.9 Å². The summed E-state index contributed by atoms with van der Waals surface area (Å²) >= 11 is 0. The fourth-order valence-corrected chi connectivity index (χ4v) is 2.76. The molecule has 0 heterocycles. The van der Waals surface area contributed by atoms with E-state index in [0.717, 1.165) is 17.7 Å². The number of para-hydroxylation sites is 1. The molecule has 0 aliphatic rings. The fraction of sp³-hybridized carbons (Fsp3) is 0.348. The highest BCUT2D eigenvalue weighted by atomic mass is 16.5. The van der Waals surface area contributed by atoms with Gasteiger partial charge in [0.25, 0.3) is 0 Å². The summed E-state index contributed by atoms with van der Waals surface area (Å²) in [5.74, 6) is 1.71. The number of benzene rings is 2. The lowest BCUT2D eigenvalue weighted by molar-refractivity contribution is 0.104. The molecular formula is C23H28O4. The van der Waals surface area contributed by atoms with Crippen LogP contribution in [-0.2, 0) is 6.42 Å². The highest BCUT2D eigenvalue weighted by Gasteiger charge is 2.15. The first kappa shape index (κ1) is 20.6. The molecule has 0 saturated carbocycles. The second-order valence-electron chi connectivity index (χ2n) is 5.86. The molecule has 2 aromatic carbocycles. The van der Waals surface area contributed by atoms with Gasteiger partial charge < -0.3 is 14.2 Å². The van der Waals surface area contributed by atoms with Crippen LogP contribution >= 0.6 is 0 Å². The predicted molar refractivity (Wildman–Crippen MR) is 109 cm³/mol. The summed E-state index contributed by atoms with van der Waals surface area (Å²) in [6, 6.07) is 11.4. The second kappa shape index (κ2) is 10.4. The molecule has 0 unspecified atom stereocenters. The van der Waals surface area contributed by atoms with E-state index in [-0.39, 0.29) is 5.78 Å². The van der Waals surface area contributed by atoms with Gasteiger partial charge in [0.05, 0.1) is 25.4 Å². The number of allylic oxidation sites excluding steroid dienone is 1. The van der Waals surface area contributed by atoms with Gasteiger partial charge in [0.1, 0.15) is 5.75 Å². The van der Waals surface area contributed by atoms with Crippen LogP contribution in [0, 0.1) is 0 Å². The molecule has 2 aromatic rings. The van der Waals surface area contributed by atoms with Crippen molar-refractivity contribution in [2.45, 2.75) is 34.1 Å². The highest BCUT2D eigenvalue weighted by Crippen LogP contribution is 2.32. The van der Waals surface area contributed by atoms with E-state index in [2.05, 4.69) is 13.0 Å². The normalized spacial score (nSPS) is 10.8. The maximum absolute atomic E-state index is 12.8. The Hall–Kier alpha value is -2.75. The third-order valence-corrected chi connectivity index (χ3v) is 4.03. The number of carbonyl (C=O) groups excluding carboxylic acids is 1. The highest BCUT2D eigenvalue weighted by molar-refractivity contribution is 6.09. The zero-order valence-electron chi connectivity index (χ0n) is 16.6. The molecule has 4 heteroatoms. The van der Waals surface area contributed by atoms with Crippen molar-refractivity contribution in [3.63, 3.8) is 0 Å². The van der Waals surface area contributed by atoms with Crippen molar-refractivity contribution < 1.29 is 19.0 Å². The molecule has 0 spiro atoms. The largest absolute Gasteiger partial charge is 0.493 e. The van der Waals surface area contributed by atoms with Gasteiger partial charge in [-0.1, -0.05) is 19.1 Å². The van der Waals surface area contributed by atoms with Crippen molar-refractivity contribution in [2.75, 3.05) is 19.8 Å². The quantitative estimate of drug-likeness (QED) is 0.419. The van der Waals surface area contributed by atoms with Crippen molar-refractivity contribution in [3.05, 3.63) is 59.2 Å². The molecule has 0 aromatic heterocycles. The van der Waals surface area contributed by atoms with Crippen LogP contribution in [0.25, 0.3) is 6.08 Å². The van der Waals surface area contributed by atoms with Gasteiger partial charge in [0, 0.05) is 5.56 Å². The average molecular weight is 368 g/mol. The lowest BCUT2D eigenvalue weighted by Crippen LogP contribution is -2.05. The summed E-state index contributed by atoms with van der Waals surface area (Å²) in [6.07, 6.45) is 4.28. The summed E-state index contributed by atoms with van der Waals surface area (Å²) in [5.41, 5.74) is 2.58. The van der Waals surface area contributed by atoms with Gasteiger partial charge in [-0.15, -0.1) is 0 Å². The molecule has 2 rings (SSSR count). The molecular weight excluding hydrogens is 340 g/mol. The van der Waals surface area contributed by atoms with Crippen molar-refractivity contribution in [1.82, 2.24) is 0 Å². The second-order valence-corrected chi connectivity index (χ2v) is 5.86. The number of rotatable bonds is 10. The topological polar surface area (TPSA) is 44.8 Å². The first-order chi connectivity index (χ1) is 13.1. The van der Waals surface area contributed by atoms with Gasteiger partial charge in [-0.3, -0.25) is 4.79 Å². The molecule has 0 N–H and O–H groups in total. The monoisotopic (exact) mass is 368 g/mol. The molecule has 4 nitrogen and oxygen atoms in total. The first-order valence-electron chi connectivity index (χ1n) is 9.51. The van der Waals surface area contributed by atoms with Gasteiger partial charge in [0.15, 0.2) is 17.3 Å². The Kier molecular flexibility index (Phi) is 7.93. The molecule has 0 saturated heterocycles. The van der Waals surface area contributed by atoms with E-state index < -0.39 is 0 Å². The maximum Gasteiger partial charge on any atom is 0.189 e. The number of ether oxygens (including phenoxy) is 3. The summed E-state index contributed by atoms with van der Waals surface area (Å²) < 4.78 is 17.0.